The van der Waals surface area contributed by atoms with Crippen LogP contribution >= 0.6 is 0 Å². The normalized spacial score (nSPS) is 10.3. The van der Waals surface area contributed by atoms with E-state index in [1.54, 1.807) is 31.2 Å². The summed E-state index contributed by atoms with van der Waals surface area (Å²) in [6.07, 6.45) is 1.04. The fourth-order valence-electron chi connectivity index (χ4n) is 2.26. The van der Waals surface area contributed by atoms with Crippen LogP contribution in [0.5, 0.6) is 0 Å². The number of hydrogen-bond acceptors (Lipinski definition) is 3. The number of aryl methyl sites for hydroxylation is 2. The molecular formula is C19H20O3. The van der Waals surface area contributed by atoms with E-state index in [-0.39, 0.29) is 5.78 Å². The smallest absolute Gasteiger partial charge is 0.338 e. The molecule has 2 aromatic carbocycles. The molecule has 0 amide bonds. The number of carbonyl (C=O) groups excluding carboxylic acids is 2. The second kappa shape index (κ2) is 7.55. The van der Waals surface area contributed by atoms with Crippen molar-refractivity contribution in [1.82, 2.24) is 0 Å². The Labute approximate surface area is 130 Å². The topological polar surface area (TPSA) is 43.4 Å². The first-order valence-electron chi connectivity index (χ1n) is 7.46. The number of ketones is 1. The van der Waals surface area contributed by atoms with Crippen LogP contribution in [0.2, 0.25) is 0 Å². The lowest BCUT2D eigenvalue weighted by Gasteiger charge is -2.08. The van der Waals surface area contributed by atoms with E-state index in [1.807, 2.05) is 31.2 Å². The fourth-order valence-corrected chi connectivity index (χ4v) is 2.26. The summed E-state index contributed by atoms with van der Waals surface area (Å²) in [5.74, 6) is -0.481. The second-order valence-corrected chi connectivity index (χ2v) is 5.17. The molecule has 0 heterocycles. The molecule has 0 aliphatic carbocycles. The van der Waals surface area contributed by atoms with Crippen molar-refractivity contribution in [3.05, 3.63) is 70.8 Å². The number of Topliss-reactive ketones (excluding diaryl/α,β-unsaturated/α-hetero) is 1. The van der Waals surface area contributed by atoms with Gasteiger partial charge in [0.15, 0.2) is 5.78 Å². The Balaban J connectivity index is 2.09. The quantitative estimate of drug-likeness (QED) is 0.598. The SMILES string of the molecule is CCOC(=O)c1ccccc1C(=O)CCc1ccc(C)cc1. The maximum atomic E-state index is 12.4. The highest BCUT2D eigenvalue weighted by molar-refractivity contribution is 6.06. The summed E-state index contributed by atoms with van der Waals surface area (Å²) in [6, 6.07) is 14.9. The van der Waals surface area contributed by atoms with Gasteiger partial charge >= 0.3 is 5.97 Å². The number of rotatable bonds is 6. The van der Waals surface area contributed by atoms with Crippen molar-refractivity contribution in [3.8, 4) is 0 Å². The summed E-state index contributed by atoms with van der Waals surface area (Å²) in [5, 5.41) is 0. The monoisotopic (exact) mass is 296 g/mol. The van der Waals surface area contributed by atoms with Gasteiger partial charge in [-0.1, -0.05) is 48.0 Å². The molecule has 0 saturated heterocycles. The van der Waals surface area contributed by atoms with Gasteiger partial charge in [-0.3, -0.25) is 4.79 Å². The Morgan fingerprint density at radius 1 is 0.955 bits per heavy atom. The standard InChI is InChI=1S/C19H20O3/c1-3-22-19(21)17-7-5-4-6-16(17)18(20)13-12-15-10-8-14(2)9-11-15/h4-11H,3,12-13H2,1-2H3. The Hall–Kier alpha value is -2.42. The molecule has 0 atom stereocenters. The first-order valence-corrected chi connectivity index (χ1v) is 7.46. The molecule has 0 aliphatic rings. The predicted molar refractivity (Wildman–Crippen MR) is 86.2 cm³/mol. The van der Waals surface area contributed by atoms with Gasteiger partial charge in [-0.25, -0.2) is 4.79 Å². The lowest BCUT2D eigenvalue weighted by molar-refractivity contribution is 0.0523. The molecule has 0 aliphatic heterocycles. The van der Waals surface area contributed by atoms with Crippen LogP contribution in [0.15, 0.2) is 48.5 Å². The molecule has 0 aromatic heterocycles. The average Bonchev–Trinajstić information content (AvgIpc) is 2.54. The zero-order chi connectivity index (χ0) is 15.9. The van der Waals surface area contributed by atoms with Gasteiger partial charge in [0.1, 0.15) is 0 Å². The molecule has 0 spiro atoms. The summed E-state index contributed by atoms with van der Waals surface area (Å²) < 4.78 is 5.00. The summed E-state index contributed by atoms with van der Waals surface area (Å²) in [7, 11) is 0. The number of hydrogen-bond donors (Lipinski definition) is 0. The highest BCUT2D eigenvalue weighted by Crippen LogP contribution is 2.15. The van der Waals surface area contributed by atoms with Crippen LogP contribution in [0.4, 0.5) is 0 Å². The third-order valence-corrected chi connectivity index (χ3v) is 3.48. The summed E-state index contributed by atoms with van der Waals surface area (Å²) in [6.45, 7) is 4.08. The van der Waals surface area contributed by atoms with Crippen LogP contribution in [0.1, 0.15) is 45.2 Å². The highest BCUT2D eigenvalue weighted by Gasteiger charge is 2.17. The number of carbonyl (C=O) groups is 2. The Kier molecular flexibility index (Phi) is 5.48. The summed E-state index contributed by atoms with van der Waals surface area (Å²) in [4.78, 5) is 24.3. The molecule has 3 heteroatoms. The molecule has 0 N–H and O–H groups in total. The second-order valence-electron chi connectivity index (χ2n) is 5.17. The van der Waals surface area contributed by atoms with Crippen molar-refractivity contribution in [2.75, 3.05) is 6.61 Å². The minimum atomic E-state index is -0.443. The lowest BCUT2D eigenvalue weighted by Crippen LogP contribution is -2.12. The van der Waals surface area contributed by atoms with Crippen LogP contribution in [0.25, 0.3) is 0 Å². The molecule has 3 nitrogen and oxygen atoms in total. The Morgan fingerprint density at radius 2 is 1.59 bits per heavy atom. The summed E-state index contributed by atoms with van der Waals surface area (Å²) >= 11 is 0. The molecule has 22 heavy (non-hydrogen) atoms. The molecule has 114 valence electrons. The first kappa shape index (κ1) is 16.0. The number of benzene rings is 2. The van der Waals surface area contributed by atoms with Gasteiger partial charge in [0.25, 0.3) is 0 Å². The molecule has 0 radical (unpaired) electrons. The van der Waals surface area contributed by atoms with Gasteiger partial charge in [0.2, 0.25) is 0 Å². The van der Waals surface area contributed by atoms with Gasteiger partial charge < -0.3 is 4.74 Å². The van der Waals surface area contributed by atoms with Crippen molar-refractivity contribution >= 4 is 11.8 Å². The Bertz CT molecular complexity index is 657. The summed E-state index contributed by atoms with van der Waals surface area (Å²) in [5.41, 5.74) is 3.10. The van der Waals surface area contributed by atoms with Crippen molar-refractivity contribution in [1.29, 1.82) is 0 Å². The average molecular weight is 296 g/mol. The molecular weight excluding hydrogens is 276 g/mol. The van der Waals surface area contributed by atoms with Crippen molar-refractivity contribution in [2.45, 2.75) is 26.7 Å². The van der Waals surface area contributed by atoms with E-state index in [0.29, 0.717) is 30.6 Å². The number of esters is 1. The van der Waals surface area contributed by atoms with Crippen molar-refractivity contribution < 1.29 is 14.3 Å². The Morgan fingerprint density at radius 3 is 2.23 bits per heavy atom. The maximum absolute atomic E-state index is 12.4. The van der Waals surface area contributed by atoms with E-state index in [1.165, 1.54) is 5.56 Å². The maximum Gasteiger partial charge on any atom is 0.338 e. The molecule has 0 bridgehead atoms. The molecule has 0 fully saturated rings. The fraction of sp³-hybridized carbons (Fsp3) is 0.263. The van der Waals surface area contributed by atoms with Crippen LogP contribution in [-0.2, 0) is 11.2 Å². The first-order chi connectivity index (χ1) is 10.6. The lowest BCUT2D eigenvalue weighted by atomic mass is 9.98. The van der Waals surface area contributed by atoms with Gasteiger partial charge in [-0.05, 0) is 31.9 Å². The zero-order valence-corrected chi connectivity index (χ0v) is 13.0. The van der Waals surface area contributed by atoms with Crippen LogP contribution < -0.4 is 0 Å². The largest absolute Gasteiger partial charge is 0.462 e. The van der Waals surface area contributed by atoms with Crippen LogP contribution in [0, 0.1) is 6.92 Å². The van der Waals surface area contributed by atoms with E-state index in [2.05, 4.69) is 0 Å². The minimum absolute atomic E-state index is 0.0378. The van der Waals surface area contributed by atoms with E-state index >= 15 is 0 Å². The van der Waals surface area contributed by atoms with Gasteiger partial charge in [-0.2, -0.15) is 0 Å². The highest BCUT2D eigenvalue weighted by atomic mass is 16.5. The van der Waals surface area contributed by atoms with E-state index in [9.17, 15) is 9.59 Å². The van der Waals surface area contributed by atoms with Gasteiger partial charge in [0, 0.05) is 12.0 Å². The van der Waals surface area contributed by atoms with Gasteiger partial charge in [-0.15, -0.1) is 0 Å². The van der Waals surface area contributed by atoms with Crippen LogP contribution in [-0.4, -0.2) is 18.4 Å². The third-order valence-electron chi connectivity index (χ3n) is 3.48. The van der Waals surface area contributed by atoms with Crippen molar-refractivity contribution in [2.24, 2.45) is 0 Å². The molecule has 0 unspecified atom stereocenters. The molecule has 0 saturated carbocycles. The third kappa shape index (κ3) is 4.04. The van der Waals surface area contributed by atoms with E-state index in [0.717, 1.165) is 5.56 Å². The van der Waals surface area contributed by atoms with E-state index < -0.39 is 5.97 Å². The zero-order valence-electron chi connectivity index (χ0n) is 13.0. The molecule has 2 rings (SSSR count). The van der Waals surface area contributed by atoms with Crippen LogP contribution in [0.3, 0.4) is 0 Å². The van der Waals surface area contributed by atoms with E-state index in [4.69, 9.17) is 4.74 Å². The van der Waals surface area contributed by atoms with Gasteiger partial charge in [0.05, 0.1) is 12.2 Å². The molecule has 2 aromatic rings. The van der Waals surface area contributed by atoms with Crippen molar-refractivity contribution in [3.63, 3.8) is 0 Å². The predicted octanol–water partition coefficient (Wildman–Crippen LogP) is 3.99. The minimum Gasteiger partial charge on any atom is -0.462 e. The number of ether oxygens (including phenoxy) is 1.